The number of pyridine rings is 1. The molecule has 24 heavy (non-hydrogen) atoms. The third-order valence-electron chi connectivity index (χ3n) is 4.11. The van der Waals surface area contributed by atoms with Crippen LogP contribution in [-0.4, -0.2) is 31.1 Å². The van der Waals surface area contributed by atoms with E-state index in [0.717, 1.165) is 28.9 Å². The van der Waals surface area contributed by atoms with Crippen LogP contribution in [0.15, 0.2) is 41.0 Å². The fourth-order valence-electron chi connectivity index (χ4n) is 2.74. The Morgan fingerprint density at radius 1 is 1.29 bits per heavy atom. The zero-order valence-corrected chi connectivity index (χ0v) is 15.2. The zero-order chi connectivity index (χ0) is 16.9. The monoisotopic (exact) mass is 389 g/mol. The van der Waals surface area contributed by atoms with Crippen molar-refractivity contribution in [2.45, 2.75) is 19.4 Å². The Kier molecular flexibility index (Phi) is 5.35. The molecule has 0 atom stereocenters. The van der Waals surface area contributed by atoms with Crippen LogP contribution in [0.4, 0.5) is 5.82 Å². The van der Waals surface area contributed by atoms with Gasteiger partial charge in [-0.2, -0.15) is 0 Å². The van der Waals surface area contributed by atoms with Crippen molar-refractivity contribution >= 4 is 27.7 Å². The number of benzene rings is 1. The minimum atomic E-state index is -0.149. The molecule has 6 heteroatoms. The van der Waals surface area contributed by atoms with Crippen molar-refractivity contribution in [1.82, 2.24) is 10.3 Å². The standard InChI is InChI=1S/C18H20BrN3O2/c1-24-14-5-6-16(19)15(10-14)18(23)21-12-13-4-7-17(20-11-13)22-8-2-3-9-22/h4-7,10-11H,2-3,8-9,12H2,1H3,(H,21,23). The van der Waals surface area contributed by atoms with E-state index in [9.17, 15) is 4.79 Å². The number of amides is 1. The van der Waals surface area contributed by atoms with E-state index in [1.54, 1.807) is 19.2 Å². The largest absolute Gasteiger partial charge is 0.497 e. The Balaban J connectivity index is 1.61. The molecule has 0 bridgehead atoms. The van der Waals surface area contributed by atoms with Crippen molar-refractivity contribution < 1.29 is 9.53 Å². The van der Waals surface area contributed by atoms with Gasteiger partial charge in [-0.25, -0.2) is 4.98 Å². The van der Waals surface area contributed by atoms with Crippen molar-refractivity contribution in [2.24, 2.45) is 0 Å². The van der Waals surface area contributed by atoms with Crippen LogP contribution in [0.1, 0.15) is 28.8 Å². The second kappa shape index (κ2) is 7.66. The highest BCUT2D eigenvalue weighted by Crippen LogP contribution is 2.22. The molecule has 1 fully saturated rings. The molecule has 2 heterocycles. The number of ether oxygens (including phenoxy) is 1. The number of rotatable bonds is 5. The summed E-state index contributed by atoms with van der Waals surface area (Å²) in [5.74, 6) is 1.52. The van der Waals surface area contributed by atoms with Crippen molar-refractivity contribution in [2.75, 3.05) is 25.1 Å². The van der Waals surface area contributed by atoms with E-state index < -0.39 is 0 Å². The van der Waals surface area contributed by atoms with Gasteiger partial charge in [0, 0.05) is 30.3 Å². The van der Waals surface area contributed by atoms with Crippen LogP contribution in [-0.2, 0) is 6.54 Å². The number of methoxy groups -OCH3 is 1. The number of halogens is 1. The molecular weight excluding hydrogens is 370 g/mol. The quantitative estimate of drug-likeness (QED) is 0.851. The highest BCUT2D eigenvalue weighted by atomic mass is 79.9. The summed E-state index contributed by atoms with van der Waals surface area (Å²) in [5, 5.41) is 2.92. The summed E-state index contributed by atoms with van der Waals surface area (Å²) in [6.45, 7) is 2.59. The summed E-state index contributed by atoms with van der Waals surface area (Å²) in [6, 6.07) is 9.37. The Labute approximate surface area is 150 Å². The number of anilines is 1. The minimum Gasteiger partial charge on any atom is -0.497 e. The van der Waals surface area contributed by atoms with Gasteiger partial charge in [-0.3, -0.25) is 4.79 Å². The molecular formula is C18H20BrN3O2. The molecule has 5 nitrogen and oxygen atoms in total. The highest BCUT2D eigenvalue weighted by molar-refractivity contribution is 9.10. The number of carbonyl (C=O) groups is 1. The SMILES string of the molecule is COc1ccc(Br)c(C(=O)NCc2ccc(N3CCCC3)nc2)c1. The molecule has 2 aromatic rings. The van der Waals surface area contributed by atoms with Gasteiger partial charge in [0.25, 0.3) is 5.91 Å². The van der Waals surface area contributed by atoms with Gasteiger partial charge in [-0.15, -0.1) is 0 Å². The molecule has 1 saturated heterocycles. The third-order valence-corrected chi connectivity index (χ3v) is 4.80. The highest BCUT2D eigenvalue weighted by Gasteiger charge is 2.14. The predicted molar refractivity (Wildman–Crippen MR) is 97.5 cm³/mol. The van der Waals surface area contributed by atoms with Crippen LogP contribution >= 0.6 is 15.9 Å². The molecule has 3 rings (SSSR count). The summed E-state index contributed by atoms with van der Waals surface area (Å²) in [6.07, 6.45) is 4.29. The molecule has 0 unspecified atom stereocenters. The summed E-state index contributed by atoms with van der Waals surface area (Å²) < 4.78 is 5.91. The van der Waals surface area contributed by atoms with E-state index in [1.165, 1.54) is 12.8 Å². The lowest BCUT2D eigenvalue weighted by Gasteiger charge is -2.16. The van der Waals surface area contributed by atoms with Gasteiger partial charge in [0.1, 0.15) is 11.6 Å². The molecule has 1 amide bonds. The smallest absolute Gasteiger partial charge is 0.252 e. The molecule has 1 N–H and O–H groups in total. The van der Waals surface area contributed by atoms with E-state index in [1.807, 2.05) is 24.4 Å². The summed E-state index contributed by atoms with van der Waals surface area (Å²) >= 11 is 3.40. The van der Waals surface area contributed by atoms with E-state index in [4.69, 9.17) is 4.74 Å². The van der Waals surface area contributed by atoms with E-state index >= 15 is 0 Å². The molecule has 1 aliphatic heterocycles. The Bertz CT molecular complexity index is 713. The van der Waals surface area contributed by atoms with E-state index in [-0.39, 0.29) is 5.91 Å². The van der Waals surface area contributed by atoms with E-state index in [2.05, 4.69) is 31.1 Å². The lowest BCUT2D eigenvalue weighted by molar-refractivity contribution is 0.0949. The lowest BCUT2D eigenvalue weighted by atomic mass is 10.2. The normalized spacial score (nSPS) is 13.8. The first kappa shape index (κ1) is 16.8. The van der Waals surface area contributed by atoms with Crippen molar-refractivity contribution in [3.63, 3.8) is 0 Å². The molecule has 0 saturated carbocycles. The van der Waals surface area contributed by atoms with Crippen molar-refractivity contribution in [3.05, 3.63) is 52.1 Å². The summed E-state index contributed by atoms with van der Waals surface area (Å²) in [5.41, 5.74) is 1.53. The Morgan fingerprint density at radius 3 is 2.75 bits per heavy atom. The van der Waals surface area contributed by atoms with Gasteiger partial charge < -0.3 is 15.0 Å². The van der Waals surface area contributed by atoms with Crippen molar-refractivity contribution in [1.29, 1.82) is 0 Å². The average molecular weight is 390 g/mol. The summed E-state index contributed by atoms with van der Waals surface area (Å²) in [4.78, 5) is 19.1. The minimum absolute atomic E-state index is 0.149. The lowest BCUT2D eigenvalue weighted by Crippen LogP contribution is -2.23. The summed E-state index contributed by atoms with van der Waals surface area (Å²) in [7, 11) is 1.58. The molecule has 1 aliphatic rings. The Morgan fingerprint density at radius 2 is 2.08 bits per heavy atom. The second-order valence-electron chi connectivity index (χ2n) is 5.75. The molecule has 0 spiro atoms. The van der Waals surface area contributed by atoms with Crippen LogP contribution in [0.5, 0.6) is 5.75 Å². The van der Waals surface area contributed by atoms with Crippen LogP contribution in [0.3, 0.4) is 0 Å². The predicted octanol–water partition coefficient (Wildman–Crippen LogP) is 3.38. The Hall–Kier alpha value is -2.08. The number of nitrogens with one attached hydrogen (secondary N) is 1. The second-order valence-corrected chi connectivity index (χ2v) is 6.60. The maximum Gasteiger partial charge on any atom is 0.252 e. The van der Waals surface area contributed by atoms with Crippen LogP contribution in [0, 0.1) is 0 Å². The van der Waals surface area contributed by atoms with Crippen LogP contribution in [0.2, 0.25) is 0 Å². The molecule has 0 aliphatic carbocycles. The van der Waals surface area contributed by atoms with Gasteiger partial charge in [0.2, 0.25) is 0 Å². The van der Waals surface area contributed by atoms with Gasteiger partial charge in [0.15, 0.2) is 0 Å². The van der Waals surface area contributed by atoms with Gasteiger partial charge in [-0.1, -0.05) is 6.07 Å². The first-order valence-corrected chi connectivity index (χ1v) is 8.78. The molecule has 126 valence electrons. The van der Waals surface area contributed by atoms with Gasteiger partial charge in [0.05, 0.1) is 12.7 Å². The molecule has 1 aromatic heterocycles. The van der Waals surface area contributed by atoms with Gasteiger partial charge in [-0.05, 0) is 58.6 Å². The van der Waals surface area contributed by atoms with E-state index in [0.29, 0.717) is 17.9 Å². The number of aromatic nitrogens is 1. The number of hydrogen-bond donors (Lipinski definition) is 1. The maximum absolute atomic E-state index is 12.4. The molecule has 0 radical (unpaired) electrons. The topological polar surface area (TPSA) is 54.5 Å². The van der Waals surface area contributed by atoms with Crippen LogP contribution in [0.25, 0.3) is 0 Å². The number of hydrogen-bond acceptors (Lipinski definition) is 4. The third kappa shape index (κ3) is 3.87. The number of carbonyl (C=O) groups excluding carboxylic acids is 1. The molecule has 1 aromatic carbocycles. The van der Waals surface area contributed by atoms with Gasteiger partial charge >= 0.3 is 0 Å². The fourth-order valence-corrected chi connectivity index (χ4v) is 3.16. The average Bonchev–Trinajstić information content (AvgIpc) is 3.15. The first-order valence-electron chi connectivity index (χ1n) is 7.99. The maximum atomic E-state index is 12.4. The van der Waals surface area contributed by atoms with Crippen molar-refractivity contribution in [3.8, 4) is 5.75 Å². The first-order chi connectivity index (χ1) is 11.7. The number of nitrogens with zero attached hydrogens (tertiary/aromatic N) is 2. The zero-order valence-electron chi connectivity index (χ0n) is 13.6. The fraction of sp³-hybridized carbons (Fsp3) is 0.333. The van der Waals surface area contributed by atoms with Crippen LogP contribution < -0.4 is 15.0 Å².